The second-order valence-electron chi connectivity index (χ2n) is 3.86. The first-order valence-corrected chi connectivity index (χ1v) is 5.82. The molecular formula is C11H16BrNO2. The van der Waals surface area contributed by atoms with E-state index >= 15 is 0 Å². The average molecular weight is 274 g/mol. The summed E-state index contributed by atoms with van der Waals surface area (Å²) in [7, 11) is 0. The minimum Gasteiger partial charge on any atom is -0.478 e. The molecule has 0 radical (unpaired) electrons. The quantitative estimate of drug-likeness (QED) is 0.917. The van der Waals surface area contributed by atoms with Gasteiger partial charge in [-0.1, -0.05) is 13.8 Å². The lowest BCUT2D eigenvalue weighted by atomic mass is 10.1. The van der Waals surface area contributed by atoms with E-state index in [2.05, 4.69) is 34.3 Å². The molecule has 0 aliphatic carbocycles. The Hall–Kier alpha value is -0.770. The lowest BCUT2D eigenvalue weighted by Gasteiger charge is -2.11. The van der Waals surface area contributed by atoms with Gasteiger partial charge in [-0.05, 0) is 35.7 Å². The highest BCUT2D eigenvalue weighted by molar-refractivity contribution is 9.10. The van der Waals surface area contributed by atoms with Gasteiger partial charge in [-0.3, -0.25) is 0 Å². The van der Waals surface area contributed by atoms with Crippen molar-refractivity contribution >= 4 is 21.9 Å². The number of aromatic carboxylic acids is 1. The van der Waals surface area contributed by atoms with Crippen LogP contribution in [0.15, 0.2) is 4.47 Å². The van der Waals surface area contributed by atoms with Gasteiger partial charge in [0.25, 0.3) is 0 Å². The van der Waals surface area contributed by atoms with Gasteiger partial charge in [0.15, 0.2) is 0 Å². The van der Waals surface area contributed by atoms with Crippen LogP contribution in [0.4, 0.5) is 0 Å². The number of aromatic nitrogens is 1. The van der Waals surface area contributed by atoms with Crippen molar-refractivity contribution in [3.8, 4) is 0 Å². The van der Waals surface area contributed by atoms with Crippen LogP contribution in [-0.4, -0.2) is 15.6 Å². The predicted molar refractivity (Wildman–Crippen MR) is 63.6 cm³/mol. The fraction of sp³-hybridized carbons (Fsp3) is 0.545. The Morgan fingerprint density at radius 2 is 2.07 bits per heavy atom. The molecule has 0 amide bonds. The zero-order valence-corrected chi connectivity index (χ0v) is 11.1. The number of carboxylic acid groups (broad SMARTS) is 1. The summed E-state index contributed by atoms with van der Waals surface area (Å²) < 4.78 is 2.78. The summed E-state index contributed by atoms with van der Waals surface area (Å²) in [5.74, 6) is -0.556. The van der Waals surface area contributed by atoms with Crippen LogP contribution in [-0.2, 0) is 6.54 Å². The minimum atomic E-state index is -0.867. The Bertz CT molecular complexity index is 394. The molecule has 0 saturated carbocycles. The van der Waals surface area contributed by atoms with E-state index in [-0.39, 0.29) is 0 Å². The molecule has 84 valence electrons. The third-order valence-corrected chi connectivity index (χ3v) is 3.38. The number of hydrogen-bond acceptors (Lipinski definition) is 1. The van der Waals surface area contributed by atoms with Crippen LogP contribution in [0.2, 0.25) is 0 Å². The Kier molecular flexibility index (Phi) is 3.60. The zero-order valence-electron chi connectivity index (χ0n) is 9.47. The van der Waals surface area contributed by atoms with Gasteiger partial charge in [-0.25, -0.2) is 4.79 Å². The second-order valence-corrected chi connectivity index (χ2v) is 4.66. The normalized spacial score (nSPS) is 11.1. The molecule has 15 heavy (non-hydrogen) atoms. The van der Waals surface area contributed by atoms with Gasteiger partial charge in [0.05, 0.1) is 10.0 Å². The molecular weight excluding hydrogens is 258 g/mol. The maximum absolute atomic E-state index is 11.1. The van der Waals surface area contributed by atoms with Gasteiger partial charge in [0.1, 0.15) is 0 Å². The Labute approximate surface area is 98.2 Å². The Balaban J connectivity index is 3.52. The molecule has 3 nitrogen and oxygen atoms in total. The van der Waals surface area contributed by atoms with Crippen molar-refractivity contribution in [3.63, 3.8) is 0 Å². The highest BCUT2D eigenvalue weighted by Crippen LogP contribution is 2.33. The molecule has 0 aliphatic heterocycles. The summed E-state index contributed by atoms with van der Waals surface area (Å²) in [4.78, 5) is 11.1. The fourth-order valence-electron chi connectivity index (χ4n) is 1.94. The lowest BCUT2D eigenvalue weighted by Crippen LogP contribution is -2.05. The van der Waals surface area contributed by atoms with E-state index in [4.69, 9.17) is 5.11 Å². The average Bonchev–Trinajstić information content (AvgIpc) is 2.36. The SMILES string of the molecule is CCn1c(C)c(C(=O)O)c(Br)c1C(C)C. The van der Waals surface area contributed by atoms with Crippen LogP contribution in [0.5, 0.6) is 0 Å². The molecule has 1 rings (SSSR count). The monoisotopic (exact) mass is 273 g/mol. The molecule has 0 saturated heterocycles. The van der Waals surface area contributed by atoms with Crippen molar-refractivity contribution in [1.29, 1.82) is 0 Å². The van der Waals surface area contributed by atoms with Gasteiger partial charge < -0.3 is 9.67 Å². The van der Waals surface area contributed by atoms with Gasteiger partial charge in [0, 0.05) is 17.9 Å². The summed E-state index contributed by atoms with van der Waals surface area (Å²) in [5, 5.41) is 9.12. The third-order valence-electron chi connectivity index (χ3n) is 2.58. The first-order valence-electron chi connectivity index (χ1n) is 5.03. The Morgan fingerprint density at radius 3 is 2.33 bits per heavy atom. The van der Waals surface area contributed by atoms with E-state index < -0.39 is 5.97 Å². The maximum Gasteiger partial charge on any atom is 0.338 e. The molecule has 0 fully saturated rings. The fourth-order valence-corrected chi connectivity index (χ4v) is 3.07. The van der Waals surface area contributed by atoms with Crippen molar-refractivity contribution in [2.45, 2.75) is 40.2 Å². The summed E-state index contributed by atoms with van der Waals surface area (Å²) in [6, 6.07) is 0. The van der Waals surface area contributed by atoms with Crippen molar-refractivity contribution in [2.75, 3.05) is 0 Å². The topological polar surface area (TPSA) is 42.2 Å². The number of rotatable bonds is 3. The molecule has 0 aliphatic rings. The van der Waals surface area contributed by atoms with Crippen molar-refractivity contribution < 1.29 is 9.90 Å². The summed E-state index contributed by atoms with van der Waals surface area (Å²) in [6.07, 6.45) is 0. The predicted octanol–water partition coefficient (Wildman–Crippen LogP) is 3.40. The number of halogens is 1. The van der Waals surface area contributed by atoms with Gasteiger partial charge in [-0.15, -0.1) is 0 Å². The molecule has 0 aromatic carbocycles. The van der Waals surface area contributed by atoms with Crippen LogP contribution in [0, 0.1) is 6.92 Å². The van der Waals surface area contributed by atoms with Crippen molar-refractivity contribution in [3.05, 3.63) is 21.4 Å². The number of carboxylic acids is 1. The van der Waals surface area contributed by atoms with E-state index in [1.165, 1.54) is 0 Å². The molecule has 0 bridgehead atoms. The molecule has 0 atom stereocenters. The highest BCUT2D eigenvalue weighted by atomic mass is 79.9. The molecule has 0 spiro atoms. The summed E-state index contributed by atoms with van der Waals surface area (Å²) >= 11 is 3.39. The van der Waals surface area contributed by atoms with Gasteiger partial charge in [0.2, 0.25) is 0 Å². The van der Waals surface area contributed by atoms with Crippen molar-refractivity contribution in [1.82, 2.24) is 4.57 Å². The van der Waals surface area contributed by atoms with Gasteiger partial charge in [-0.2, -0.15) is 0 Å². The van der Waals surface area contributed by atoms with Crippen molar-refractivity contribution in [2.24, 2.45) is 0 Å². The minimum absolute atomic E-state index is 0.311. The number of carbonyl (C=O) groups is 1. The second kappa shape index (κ2) is 4.39. The Morgan fingerprint density at radius 1 is 1.53 bits per heavy atom. The standard InChI is InChI=1S/C11H16BrNO2/c1-5-13-7(4)8(11(14)15)9(12)10(13)6(2)3/h6H,5H2,1-4H3,(H,14,15). The lowest BCUT2D eigenvalue weighted by molar-refractivity contribution is 0.0695. The van der Waals surface area contributed by atoms with E-state index in [1.807, 2.05) is 13.8 Å². The largest absolute Gasteiger partial charge is 0.478 e. The number of nitrogens with zero attached hydrogens (tertiary/aromatic N) is 1. The van der Waals surface area contributed by atoms with Crippen LogP contribution < -0.4 is 0 Å². The zero-order chi connectivity index (χ0) is 11.7. The van der Waals surface area contributed by atoms with E-state index in [1.54, 1.807) is 0 Å². The first kappa shape index (κ1) is 12.3. The third kappa shape index (κ3) is 1.95. The van der Waals surface area contributed by atoms with Crippen LogP contribution in [0.3, 0.4) is 0 Å². The molecule has 1 aromatic heterocycles. The maximum atomic E-state index is 11.1. The van der Waals surface area contributed by atoms with E-state index in [0.29, 0.717) is 11.5 Å². The highest BCUT2D eigenvalue weighted by Gasteiger charge is 2.23. The molecule has 4 heteroatoms. The smallest absolute Gasteiger partial charge is 0.338 e. The summed E-state index contributed by atoms with van der Waals surface area (Å²) in [6.45, 7) is 8.81. The molecule has 1 N–H and O–H groups in total. The molecule has 0 unspecified atom stereocenters. The first-order chi connectivity index (χ1) is 6.91. The van der Waals surface area contributed by atoms with E-state index in [0.717, 1.165) is 22.4 Å². The van der Waals surface area contributed by atoms with Crippen LogP contribution >= 0.6 is 15.9 Å². The molecule has 1 heterocycles. The van der Waals surface area contributed by atoms with Crippen LogP contribution in [0.25, 0.3) is 0 Å². The van der Waals surface area contributed by atoms with E-state index in [9.17, 15) is 4.79 Å². The number of hydrogen-bond donors (Lipinski definition) is 1. The van der Waals surface area contributed by atoms with Gasteiger partial charge >= 0.3 is 5.97 Å². The summed E-state index contributed by atoms with van der Waals surface area (Å²) in [5.41, 5.74) is 2.27. The van der Waals surface area contributed by atoms with Crippen LogP contribution in [0.1, 0.15) is 48.4 Å². The molecule has 1 aromatic rings.